The van der Waals surface area contributed by atoms with E-state index in [9.17, 15) is 0 Å². The van der Waals surface area contributed by atoms with Gasteiger partial charge in [-0.05, 0) is 25.7 Å². The van der Waals surface area contributed by atoms with Crippen molar-refractivity contribution in [2.45, 2.75) is 71.1 Å². The topological polar surface area (TPSA) is 21.3 Å². The Labute approximate surface area is 88.4 Å². The quantitative estimate of drug-likeness (QED) is 0.751. The van der Waals surface area contributed by atoms with Crippen molar-refractivity contribution < 1.29 is 4.74 Å². The highest BCUT2D eigenvalue weighted by molar-refractivity contribution is 4.88. The van der Waals surface area contributed by atoms with Gasteiger partial charge in [-0.1, -0.05) is 27.7 Å². The molecular weight excluding hydrogens is 174 g/mol. The Kier molecular flexibility index (Phi) is 4.39. The average Bonchev–Trinajstić information content (AvgIpc) is 2.17. The Morgan fingerprint density at radius 2 is 2.00 bits per heavy atom. The fourth-order valence-electron chi connectivity index (χ4n) is 2.38. The van der Waals surface area contributed by atoms with Crippen LogP contribution in [-0.2, 0) is 4.74 Å². The van der Waals surface area contributed by atoms with Crippen LogP contribution in [0.25, 0.3) is 0 Å². The third-order valence-corrected chi connectivity index (χ3v) is 3.35. The lowest BCUT2D eigenvalue weighted by atomic mass is 9.86. The smallest absolute Gasteiger partial charge is 0.0692 e. The first-order chi connectivity index (χ1) is 6.62. The zero-order chi connectivity index (χ0) is 10.6. The largest absolute Gasteiger partial charge is 0.375 e. The highest BCUT2D eigenvalue weighted by Gasteiger charge is 2.34. The van der Waals surface area contributed by atoms with Gasteiger partial charge in [-0.15, -0.1) is 0 Å². The summed E-state index contributed by atoms with van der Waals surface area (Å²) in [5.74, 6) is 0. The molecule has 1 rings (SSSR count). The predicted octanol–water partition coefficient (Wildman–Crippen LogP) is 2.72. The third kappa shape index (κ3) is 2.96. The van der Waals surface area contributed by atoms with Gasteiger partial charge in [0.25, 0.3) is 0 Å². The molecule has 2 nitrogen and oxygen atoms in total. The SMILES string of the molecule is CCC1(CC)CC(NC(C)C)CCO1. The summed E-state index contributed by atoms with van der Waals surface area (Å²) in [4.78, 5) is 0. The van der Waals surface area contributed by atoms with E-state index in [1.54, 1.807) is 0 Å². The molecule has 1 unspecified atom stereocenters. The fourth-order valence-corrected chi connectivity index (χ4v) is 2.38. The molecule has 0 spiro atoms. The number of ether oxygens (including phenoxy) is 1. The molecule has 1 aliphatic heterocycles. The highest BCUT2D eigenvalue weighted by atomic mass is 16.5. The molecule has 84 valence electrons. The van der Waals surface area contributed by atoms with Crippen molar-refractivity contribution in [2.75, 3.05) is 6.61 Å². The van der Waals surface area contributed by atoms with Crippen molar-refractivity contribution in [3.8, 4) is 0 Å². The van der Waals surface area contributed by atoms with Crippen LogP contribution in [0, 0.1) is 0 Å². The Balaban J connectivity index is 2.49. The lowest BCUT2D eigenvalue weighted by Gasteiger charge is -2.41. The minimum Gasteiger partial charge on any atom is -0.375 e. The molecule has 0 aromatic rings. The minimum absolute atomic E-state index is 0.158. The average molecular weight is 199 g/mol. The number of nitrogens with one attached hydrogen (secondary N) is 1. The van der Waals surface area contributed by atoms with E-state index in [1.807, 2.05) is 0 Å². The van der Waals surface area contributed by atoms with Crippen LogP contribution in [0.5, 0.6) is 0 Å². The molecule has 2 heteroatoms. The lowest BCUT2D eigenvalue weighted by Crippen LogP contribution is -2.48. The summed E-state index contributed by atoms with van der Waals surface area (Å²) in [5, 5.41) is 3.63. The molecule has 14 heavy (non-hydrogen) atoms. The van der Waals surface area contributed by atoms with Crippen molar-refractivity contribution in [1.82, 2.24) is 5.32 Å². The Morgan fingerprint density at radius 1 is 1.36 bits per heavy atom. The van der Waals surface area contributed by atoms with E-state index in [0.717, 1.165) is 19.4 Å². The lowest BCUT2D eigenvalue weighted by molar-refractivity contribution is -0.0937. The van der Waals surface area contributed by atoms with Crippen molar-refractivity contribution in [2.24, 2.45) is 0 Å². The first kappa shape index (κ1) is 12.0. The van der Waals surface area contributed by atoms with Crippen LogP contribution in [0.4, 0.5) is 0 Å². The van der Waals surface area contributed by atoms with E-state index in [-0.39, 0.29) is 5.60 Å². The monoisotopic (exact) mass is 199 g/mol. The van der Waals surface area contributed by atoms with Crippen LogP contribution in [0.3, 0.4) is 0 Å². The second-order valence-corrected chi connectivity index (χ2v) is 4.75. The standard InChI is InChI=1S/C12H25NO/c1-5-12(6-2)9-11(7-8-14-12)13-10(3)4/h10-11,13H,5-9H2,1-4H3. The molecule has 0 bridgehead atoms. The van der Waals surface area contributed by atoms with Gasteiger partial charge in [-0.2, -0.15) is 0 Å². The van der Waals surface area contributed by atoms with Crippen molar-refractivity contribution in [1.29, 1.82) is 0 Å². The molecule has 1 aliphatic rings. The van der Waals surface area contributed by atoms with Crippen molar-refractivity contribution in [3.63, 3.8) is 0 Å². The molecule has 0 aliphatic carbocycles. The molecular formula is C12H25NO. The maximum Gasteiger partial charge on any atom is 0.0692 e. The van der Waals surface area contributed by atoms with Gasteiger partial charge >= 0.3 is 0 Å². The minimum atomic E-state index is 0.158. The van der Waals surface area contributed by atoms with E-state index in [2.05, 4.69) is 33.0 Å². The van der Waals surface area contributed by atoms with Crippen LogP contribution >= 0.6 is 0 Å². The Morgan fingerprint density at radius 3 is 2.50 bits per heavy atom. The Hall–Kier alpha value is -0.0800. The van der Waals surface area contributed by atoms with Crippen molar-refractivity contribution in [3.05, 3.63) is 0 Å². The van der Waals surface area contributed by atoms with Crippen LogP contribution < -0.4 is 5.32 Å². The van der Waals surface area contributed by atoms with Crippen LogP contribution in [0.15, 0.2) is 0 Å². The van der Waals surface area contributed by atoms with E-state index >= 15 is 0 Å². The maximum absolute atomic E-state index is 5.94. The predicted molar refractivity (Wildman–Crippen MR) is 60.6 cm³/mol. The van der Waals surface area contributed by atoms with E-state index in [4.69, 9.17) is 4.74 Å². The first-order valence-corrected chi connectivity index (χ1v) is 6.02. The number of hydrogen-bond donors (Lipinski definition) is 1. The summed E-state index contributed by atoms with van der Waals surface area (Å²) >= 11 is 0. The highest BCUT2D eigenvalue weighted by Crippen LogP contribution is 2.31. The maximum atomic E-state index is 5.94. The van der Waals surface area contributed by atoms with E-state index < -0.39 is 0 Å². The van der Waals surface area contributed by atoms with Gasteiger partial charge in [0.15, 0.2) is 0 Å². The molecule has 1 fully saturated rings. The van der Waals surface area contributed by atoms with Crippen LogP contribution in [0.1, 0.15) is 53.4 Å². The first-order valence-electron chi connectivity index (χ1n) is 6.02. The van der Waals surface area contributed by atoms with Gasteiger partial charge in [0, 0.05) is 18.7 Å². The third-order valence-electron chi connectivity index (χ3n) is 3.35. The second kappa shape index (κ2) is 5.13. The summed E-state index contributed by atoms with van der Waals surface area (Å²) in [6.45, 7) is 9.83. The number of rotatable bonds is 4. The van der Waals surface area contributed by atoms with Gasteiger partial charge in [-0.3, -0.25) is 0 Å². The zero-order valence-corrected chi connectivity index (χ0v) is 10.1. The molecule has 1 heterocycles. The summed E-state index contributed by atoms with van der Waals surface area (Å²) < 4.78 is 5.94. The molecule has 0 radical (unpaired) electrons. The molecule has 1 saturated heterocycles. The van der Waals surface area contributed by atoms with Gasteiger partial charge in [0.1, 0.15) is 0 Å². The van der Waals surface area contributed by atoms with Crippen LogP contribution in [0.2, 0.25) is 0 Å². The van der Waals surface area contributed by atoms with Crippen LogP contribution in [-0.4, -0.2) is 24.3 Å². The van der Waals surface area contributed by atoms with Gasteiger partial charge in [-0.25, -0.2) is 0 Å². The summed E-state index contributed by atoms with van der Waals surface area (Å²) in [5.41, 5.74) is 0.158. The van der Waals surface area contributed by atoms with Gasteiger partial charge in [0.2, 0.25) is 0 Å². The molecule has 0 aromatic heterocycles. The molecule has 0 amide bonds. The molecule has 0 aromatic carbocycles. The van der Waals surface area contributed by atoms with Gasteiger partial charge < -0.3 is 10.1 Å². The Bertz CT molecular complexity index is 164. The summed E-state index contributed by atoms with van der Waals surface area (Å²) in [7, 11) is 0. The summed E-state index contributed by atoms with van der Waals surface area (Å²) in [6.07, 6.45) is 4.62. The molecule has 1 atom stereocenters. The fraction of sp³-hybridized carbons (Fsp3) is 1.00. The van der Waals surface area contributed by atoms with E-state index in [0.29, 0.717) is 12.1 Å². The normalized spacial score (nSPS) is 26.8. The zero-order valence-electron chi connectivity index (χ0n) is 10.1. The van der Waals surface area contributed by atoms with Crippen molar-refractivity contribution >= 4 is 0 Å². The molecule has 0 saturated carbocycles. The summed E-state index contributed by atoms with van der Waals surface area (Å²) in [6, 6.07) is 1.24. The van der Waals surface area contributed by atoms with Gasteiger partial charge in [0.05, 0.1) is 5.60 Å². The number of hydrogen-bond acceptors (Lipinski definition) is 2. The van der Waals surface area contributed by atoms with E-state index in [1.165, 1.54) is 12.8 Å². The second-order valence-electron chi connectivity index (χ2n) is 4.75. The molecule has 1 N–H and O–H groups in total.